The van der Waals surface area contributed by atoms with Crippen LogP contribution in [0.3, 0.4) is 0 Å². The van der Waals surface area contributed by atoms with Crippen LogP contribution in [0.5, 0.6) is 0 Å². The lowest BCUT2D eigenvalue weighted by molar-refractivity contribution is 0.185. The highest BCUT2D eigenvalue weighted by Crippen LogP contribution is 2.41. The lowest BCUT2D eigenvalue weighted by atomic mass is 9.71. The van der Waals surface area contributed by atoms with Crippen LogP contribution in [-0.4, -0.2) is 18.1 Å². The van der Waals surface area contributed by atoms with Gasteiger partial charge in [0.25, 0.3) is 0 Å². The molecule has 2 N–H and O–H groups in total. The van der Waals surface area contributed by atoms with E-state index in [0.29, 0.717) is 10.4 Å². The third kappa shape index (κ3) is 2.28. The van der Waals surface area contributed by atoms with Gasteiger partial charge in [-0.15, -0.1) is 0 Å². The summed E-state index contributed by atoms with van der Waals surface area (Å²) in [5.74, 6) is 1.82. The van der Waals surface area contributed by atoms with Crippen LogP contribution < -0.4 is 10.6 Å². The van der Waals surface area contributed by atoms with Gasteiger partial charge in [0.15, 0.2) is 0 Å². The molecule has 0 amide bonds. The molecule has 98 valence electrons. The summed E-state index contributed by atoms with van der Waals surface area (Å²) in [5.41, 5.74) is 1.43. The second-order valence-corrected chi connectivity index (χ2v) is 6.38. The number of halogens is 1. The molecule has 0 saturated heterocycles. The van der Waals surface area contributed by atoms with E-state index in [1.807, 2.05) is 6.07 Å². The van der Waals surface area contributed by atoms with Gasteiger partial charge in [-0.05, 0) is 24.8 Å². The summed E-state index contributed by atoms with van der Waals surface area (Å²) in [6.07, 6.45) is 6.99. The minimum absolute atomic E-state index is 0.389. The number of rotatable bonds is 0. The van der Waals surface area contributed by atoms with Gasteiger partial charge in [-0.3, -0.25) is 0 Å². The van der Waals surface area contributed by atoms with Gasteiger partial charge >= 0.3 is 0 Å². The lowest BCUT2D eigenvalue weighted by Gasteiger charge is -2.38. The molecule has 0 aromatic carbocycles. The molecule has 1 aromatic rings. The molecule has 1 fully saturated rings. The van der Waals surface area contributed by atoms with Gasteiger partial charge < -0.3 is 10.6 Å². The number of nitrogens with zero attached hydrogens (tertiary/aromatic N) is 1. The summed E-state index contributed by atoms with van der Waals surface area (Å²) < 4.78 is 0. The van der Waals surface area contributed by atoms with Crippen LogP contribution >= 0.6 is 11.6 Å². The van der Waals surface area contributed by atoms with Gasteiger partial charge in [0.1, 0.15) is 5.82 Å². The highest BCUT2D eigenvalue weighted by atomic mass is 35.5. The molecule has 3 nitrogen and oxygen atoms in total. The zero-order valence-corrected chi connectivity index (χ0v) is 11.6. The fourth-order valence-corrected chi connectivity index (χ4v) is 3.22. The van der Waals surface area contributed by atoms with Crippen molar-refractivity contribution in [3.05, 3.63) is 17.3 Å². The first-order valence-corrected chi connectivity index (χ1v) is 7.18. The monoisotopic (exact) mass is 265 g/mol. The van der Waals surface area contributed by atoms with Crippen molar-refractivity contribution in [3.8, 4) is 0 Å². The highest BCUT2D eigenvalue weighted by molar-refractivity contribution is 6.30. The van der Waals surface area contributed by atoms with Gasteiger partial charge in [-0.2, -0.15) is 0 Å². The minimum Gasteiger partial charge on any atom is -0.381 e. The number of fused-ring (bicyclic) bond motifs is 1. The molecule has 0 atom stereocenters. The van der Waals surface area contributed by atoms with E-state index < -0.39 is 0 Å². The normalized spacial score (nSPS) is 31.1. The molecule has 1 aromatic heterocycles. The van der Waals surface area contributed by atoms with Gasteiger partial charge in [-0.25, -0.2) is 4.98 Å². The average Bonchev–Trinajstić information content (AvgIpc) is 2.54. The van der Waals surface area contributed by atoms with Crippen molar-refractivity contribution >= 4 is 23.1 Å². The third-order valence-corrected chi connectivity index (χ3v) is 4.68. The number of anilines is 2. The SMILES string of the molecule is CC1CCC2(CC1)CNc1cc(Cl)cnc1NC2. The largest absolute Gasteiger partial charge is 0.381 e. The van der Waals surface area contributed by atoms with Crippen molar-refractivity contribution in [1.29, 1.82) is 0 Å². The summed E-state index contributed by atoms with van der Waals surface area (Å²) in [5, 5.41) is 7.72. The molecule has 0 bridgehead atoms. The van der Waals surface area contributed by atoms with E-state index in [1.165, 1.54) is 25.7 Å². The van der Waals surface area contributed by atoms with Crippen LogP contribution in [0.1, 0.15) is 32.6 Å². The van der Waals surface area contributed by atoms with E-state index in [4.69, 9.17) is 11.6 Å². The molecule has 3 rings (SSSR count). The first kappa shape index (κ1) is 12.1. The molecule has 18 heavy (non-hydrogen) atoms. The van der Waals surface area contributed by atoms with E-state index >= 15 is 0 Å². The molecule has 4 heteroatoms. The van der Waals surface area contributed by atoms with Gasteiger partial charge in [-0.1, -0.05) is 31.4 Å². The second-order valence-electron chi connectivity index (χ2n) is 5.94. The van der Waals surface area contributed by atoms with Crippen molar-refractivity contribution in [2.45, 2.75) is 32.6 Å². The van der Waals surface area contributed by atoms with Crippen molar-refractivity contribution in [2.24, 2.45) is 11.3 Å². The maximum absolute atomic E-state index is 6.00. The molecule has 1 spiro atoms. The third-order valence-electron chi connectivity index (χ3n) is 4.47. The van der Waals surface area contributed by atoms with E-state index in [-0.39, 0.29) is 0 Å². The highest BCUT2D eigenvalue weighted by Gasteiger charge is 2.35. The number of nitrogens with one attached hydrogen (secondary N) is 2. The Hall–Kier alpha value is -0.960. The van der Waals surface area contributed by atoms with Gasteiger partial charge in [0.05, 0.1) is 10.7 Å². The van der Waals surface area contributed by atoms with Crippen molar-refractivity contribution in [2.75, 3.05) is 23.7 Å². The predicted molar refractivity (Wildman–Crippen MR) is 76.3 cm³/mol. The number of hydrogen-bond donors (Lipinski definition) is 2. The van der Waals surface area contributed by atoms with Crippen molar-refractivity contribution in [1.82, 2.24) is 4.98 Å². The lowest BCUT2D eigenvalue weighted by Crippen LogP contribution is -2.38. The Morgan fingerprint density at radius 3 is 2.78 bits per heavy atom. The molecule has 0 radical (unpaired) electrons. The predicted octanol–water partition coefficient (Wildman–Crippen LogP) is 3.77. The molecular formula is C14H20ClN3. The Kier molecular flexibility index (Phi) is 3.10. The second kappa shape index (κ2) is 4.61. The van der Waals surface area contributed by atoms with Gasteiger partial charge in [0, 0.05) is 24.7 Å². The summed E-state index contributed by atoms with van der Waals surface area (Å²) >= 11 is 6.00. The minimum atomic E-state index is 0.389. The molecule has 2 heterocycles. The van der Waals surface area contributed by atoms with E-state index in [1.54, 1.807) is 6.20 Å². The van der Waals surface area contributed by atoms with Crippen LogP contribution in [0, 0.1) is 11.3 Å². The molecule has 1 aliphatic heterocycles. The Balaban J connectivity index is 1.78. The number of pyridine rings is 1. The Bertz CT molecular complexity index is 439. The zero-order chi connectivity index (χ0) is 12.6. The molecule has 1 aliphatic carbocycles. The zero-order valence-electron chi connectivity index (χ0n) is 10.8. The first-order valence-electron chi connectivity index (χ1n) is 6.80. The first-order chi connectivity index (χ1) is 8.67. The fourth-order valence-electron chi connectivity index (χ4n) is 3.06. The van der Waals surface area contributed by atoms with Crippen LogP contribution in [-0.2, 0) is 0 Å². The van der Waals surface area contributed by atoms with E-state index in [0.717, 1.165) is 30.5 Å². The van der Waals surface area contributed by atoms with Crippen LogP contribution in [0.2, 0.25) is 5.02 Å². The molecule has 1 saturated carbocycles. The van der Waals surface area contributed by atoms with E-state index in [2.05, 4.69) is 22.5 Å². The number of aromatic nitrogens is 1. The summed E-state index contributed by atoms with van der Waals surface area (Å²) in [6.45, 7) is 4.41. The standard InChI is InChI=1S/C14H20ClN3/c1-10-2-4-14(5-3-10)8-17-12-6-11(15)7-16-13(12)18-9-14/h6-7,10,17H,2-5,8-9H2,1H3,(H,16,18). The Morgan fingerprint density at radius 1 is 1.28 bits per heavy atom. The van der Waals surface area contributed by atoms with Crippen LogP contribution in [0.25, 0.3) is 0 Å². The molecular weight excluding hydrogens is 246 g/mol. The van der Waals surface area contributed by atoms with Crippen molar-refractivity contribution in [3.63, 3.8) is 0 Å². The fraction of sp³-hybridized carbons (Fsp3) is 0.643. The van der Waals surface area contributed by atoms with Crippen LogP contribution in [0.15, 0.2) is 12.3 Å². The van der Waals surface area contributed by atoms with Gasteiger partial charge in [0.2, 0.25) is 0 Å². The van der Waals surface area contributed by atoms with Crippen LogP contribution in [0.4, 0.5) is 11.5 Å². The maximum Gasteiger partial charge on any atom is 0.149 e. The Labute approximate surface area is 113 Å². The Morgan fingerprint density at radius 2 is 2.00 bits per heavy atom. The maximum atomic E-state index is 6.00. The number of hydrogen-bond acceptors (Lipinski definition) is 3. The molecule has 0 unspecified atom stereocenters. The summed E-state index contributed by atoms with van der Waals surface area (Å²) in [7, 11) is 0. The van der Waals surface area contributed by atoms with Crippen molar-refractivity contribution < 1.29 is 0 Å². The average molecular weight is 266 g/mol. The molecule has 2 aliphatic rings. The summed E-state index contributed by atoms with van der Waals surface area (Å²) in [6, 6.07) is 1.96. The smallest absolute Gasteiger partial charge is 0.149 e. The topological polar surface area (TPSA) is 37.0 Å². The van der Waals surface area contributed by atoms with E-state index in [9.17, 15) is 0 Å². The quantitative estimate of drug-likeness (QED) is 0.750. The summed E-state index contributed by atoms with van der Waals surface area (Å²) in [4.78, 5) is 4.37.